The Morgan fingerprint density at radius 3 is 2.00 bits per heavy atom. The lowest BCUT2D eigenvalue weighted by molar-refractivity contribution is -0.665. The zero-order valence-electron chi connectivity index (χ0n) is 9.62. The maximum Gasteiger partial charge on any atom is 0.0844 e. The number of hydrogen-bond donors (Lipinski definition) is 2. The van der Waals surface area contributed by atoms with E-state index < -0.39 is 0 Å². The van der Waals surface area contributed by atoms with Crippen molar-refractivity contribution in [2.24, 2.45) is 23.2 Å². The molecule has 4 saturated carbocycles. The molecule has 0 saturated heterocycles. The Labute approximate surface area is 98.8 Å². The molecule has 0 aromatic heterocycles. The van der Waals surface area contributed by atoms with Crippen LogP contribution in [0, 0.1) is 23.2 Å². The summed E-state index contributed by atoms with van der Waals surface area (Å²) in [5, 5.41) is 2.53. The van der Waals surface area contributed by atoms with Crippen LogP contribution in [0.5, 0.6) is 0 Å². The van der Waals surface area contributed by atoms with E-state index in [1.54, 1.807) is 38.5 Å². The van der Waals surface area contributed by atoms with Crippen LogP contribution in [-0.4, -0.2) is 18.8 Å². The Hall–Kier alpha value is 0.310. The van der Waals surface area contributed by atoms with Crippen LogP contribution < -0.4 is 5.32 Å². The molecule has 0 heterocycles. The Morgan fingerprint density at radius 2 is 1.53 bits per heavy atom. The van der Waals surface area contributed by atoms with Crippen LogP contribution in [0.15, 0.2) is 0 Å². The van der Waals surface area contributed by atoms with Crippen molar-refractivity contribution in [2.45, 2.75) is 38.5 Å². The number of nitrogens with two attached hydrogens (primary N) is 1. The van der Waals surface area contributed by atoms with Gasteiger partial charge in [-0.15, -0.1) is 0 Å². The molecule has 4 aliphatic carbocycles. The molecule has 2 N–H and O–H groups in total. The Morgan fingerprint density at radius 1 is 1.00 bits per heavy atom. The van der Waals surface area contributed by atoms with Gasteiger partial charge >= 0.3 is 0 Å². The first-order chi connectivity index (χ1) is 7.30. The van der Waals surface area contributed by atoms with Gasteiger partial charge in [0.15, 0.2) is 0 Å². The lowest BCUT2D eigenvalue weighted by Gasteiger charge is -2.56. The van der Waals surface area contributed by atoms with Gasteiger partial charge in [0.25, 0.3) is 0 Å². The summed E-state index contributed by atoms with van der Waals surface area (Å²) in [5.74, 6) is 4.37. The van der Waals surface area contributed by atoms with Gasteiger partial charge in [0, 0.05) is 11.2 Å². The first-order valence-corrected chi connectivity index (χ1v) is 7.35. The van der Waals surface area contributed by atoms with Crippen molar-refractivity contribution in [3.63, 3.8) is 0 Å². The average molecular weight is 226 g/mol. The third kappa shape index (κ3) is 1.95. The largest absolute Gasteiger partial charge is 0.345 e. The van der Waals surface area contributed by atoms with E-state index in [4.69, 9.17) is 0 Å². The van der Waals surface area contributed by atoms with Crippen molar-refractivity contribution in [2.75, 3.05) is 18.8 Å². The maximum absolute atomic E-state index is 4.30. The second kappa shape index (κ2) is 3.96. The third-order valence-electron chi connectivity index (χ3n) is 5.08. The highest BCUT2D eigenvalue weighted by molar-refractivity contribution is 7.80. The summed E-state index contributed by atoms with van der Waals surface area (Å²) in [6, 6.07) is 0. The molecule has 4 fully saturated rings. The quantitative estimate of drug-likeness (QED) is 0.536. The summed E-state index contributed by atoms with van der Waals surface area (Å²) in [7, 11) is 0. The molecule has 0 unspecified atom stereocenters. The fourth-order valence-electron chi connectivity index (χ4n) is 5.04. The molecule has 4 bridgehead atoms. The van der Waals surface area contributed by atoms with E-state index in [9.17, 15) is 0 Å². The van der Waals surface area contributed by atoms with E-state index in [0.717, 1.165) is 28.9 Å². The molecule has 0 radical (unpaired) electrons. The van der Waals surface area contributed by atoms with Crippen molar-refractivity contribution in [1.29, 1.82) is 0 Å². The van der Waals surface area contributed by atoms with E-state index in [2.05, 4.69) is 17.9 Å². The summed E-state index contributed by atoms with van der Waals surface area (Å²) >= 11 is 4.30. The van der Waals surface area contributed by atoms with Crippen LogP contribution in [0.3, 0.4) is 0 Å². The molecule has 0 aliphatic heterocycles. The molecule has 15 heavy (non-hydrogen) atoms. The molecule has 0 amide bonds. The third-order valence-corrected chi connectivity index (χ3v) is 5.33. The number of quaternary nitrogens is 1. The first-order valence-electron chi connectivity index (χ1n) is 6.72. The predicted molar refractivity (Wildman–Crippen MR) is 66.1 cm³/mol. The zero-order chi connectivity index (χ0) is 10.3. The van der Waals surface area contributed by atoms with Gasteiger partial charge in [-0.1, -0.05) is 0 Å². The van der Waals surface area contributed by atoms with Gasteiger partial charge in [-0.25, -0.2) is 0 Å². The topological polar surface area (TPSA) is 16.6 Å². The van der Waals surface area contributed by atoms with Crippen LogP contribution in [0.1, 0.15) is 38.5 Å². The fourth-order valence-corrected chi connectivity index (χ4v) is 5.22. The molecule has 1 nitrogen and oxygen atoms in total. The van der Waals surface area contributed by atoms with Crippen LogP contribution in [0.25, 0.3) is 0 Å². The standard InChI is InChI=1S/C13H23NS/c15-2-1-14-9-13-6-10-3-11(7-13)5-12(4-10)8-13/h10-12,14-15H,1-9H2/p+1. The summed E-state index contributed by atoms with van der Waals surface area (Å²) in [6.45, 7) is 2.61. The summed E-state index contributed by atoms with van der Waals surface area (Å²) in [5.41, 5.74) is 0.762. The van der Waals surface area contributed by atoms with Gasteiger partial charge in [-0.05, 0) is 56.3 Å². The van der Waals surface area contributed by atoms with Crippen LogP contribution >= 0.6 is 12.6 Å². The molecule has 0 aromatic rings. The molecule has 4 rings (SSSR count). The van der Waals surface area contributed by atoms with Gasteiger partial charge in [0.05, 0.1) is 13.1 Å². The molecule has 0 atom stereocenters. The number of hydrogen-bond acceptors (Lipinski definition) is 1. The minimum atomic E-state index is 0.762. The van der Waals surface area contributed by atoms with Crippen molar-refractivity contribution >= 4 is 12.6 Å². The first kappa shape index (κ1) is 10.5. The Balaban J connectivity index is 1.65. The highest BCUT2D eigenvalue weighted by Gasteiger charge is 2.51. The second-order valence-electron chi connectivity index (χ2n) is 6.42. The maximum atomic E-state index is 4.30. The summed E-state index contributed by atoms with van der Waals surface area (Å²) < 4.78 is 0. The van der Waals surface area contributed by atoms with E-state index in [-0.39, 0.29) is 0 Å². The van der Waals surface area contributed by atoms with E-state index in [1.807, 2.05) is 0 Å². The SMILES string of the molecule is SCC[NH2+]CC12CC3CC(CC(C3)C1)C2. The lowest BCUT2D eigenvalue weighted by Crippen LogP contribution is -2.88. The van der Waals surface area contributed by atoms with Crippen molar-refractivity contribution in [3.8, 4) is 0 Å². The molecular formula is C13H24NS+. The minimum absolute atomic E-state index is 0.762. The lowest BCUT2D eigenvalue weighted by atomic mass is 9.49. The molecule has 2 heteroatoms. The summed E-state index contributed by atoms with van der Waals surface area (Å²) in [4.78, 5) is 0. The molecular weight excluding hydrogens is 202 g/mol. The van der Waals surface area contributed by atoms with Gasteiger partial charge in [0.1, 0.15) is 0 Å². The Kier molecular flexibility index (Phi) is 2.76. The normalized spacial score (nSPS) is 47.4. The fraction of sp³-hybridized carbons (Fsp3) is 1.00. The Bertz CT molecular complexity index is 203. The molecule has 86 valence electrons. The van der Waals surface area contributed by atoms with Crippen LogP contribution in [0.2, 0.25) is 0 Å². The van der Waals surface area contributed by atoms with E-state index in [1.165, 1.54) is 13.1 Å². The van der Waals surface area contributed by atoms with Crippen molar-refractivity contribution in [3.05, 3.63) is 0 Å². The minimum Gasteiger partial charge on any atom is -0.345 e. The predicted octanol–water partition coefficient (Wildman–Crippen LogP) is 1.70. The van der Waals surface area contributed by atoms with Crippen LogP contribution in [-0.2, 0) is 0 Å². The van der Waals surface area contributed by atoms with Crippen LogP contribution in [0.4, 0.5) is 0 Å². The second-order valence-corrected chi connectivity index (χ2v) is 6.87. The molecule has 0 spiro atoms. The van der Waals surface area contributed by atoms with E-state index in [0.29, 0.717) is 0 Å². The van der Waals surface area contributed by atoms with Gasteiger partial charge < -0.3 is 5.32 Å². The van der Waals surface area contributed by atoms with Crippen molar-refractivity contribution < 1.29 is 5.32 Å². The average Bonchev–Trinajstić information content (AvgIpc) is 2.15. The monoisotopic (exact) mass is 226 g/mol. The van der Waals surface area contributed by atoms with E-state index >= 15 is 0 Å². The van der Waals surface area contributed by atoms with Gasteiger partial charge in [-0.3, -0.25) is 0 Å². The highest BCUT2D eigenvalue weighted by atomic mass is 32.1. The zero-order valence-corrected chi connectivity index (χ0v) is 10.5. The van der Waals surface area contributed by atoms with Gasteiger partial charge in [0.2, 0.25) is 0 Å². The number of thiol groups is 1. The molecule has 4 aliphatic rings. The van der Waals surface area contributed by atoms with Gasteiger partial charge in [-0.2, -0.15) is 12.6 Å². The smallest absolute Gasteiger partial charge is 0.0844 e. The summed E-state index contributed by atoms with van der Waals surface area (Å²) in [6.07, 6.45) is 9.40. The number of rotatable bonds is 4. The van der Waals surface area contributed by atoms with Crippen molar-refractivity contribution in [1.82, 2.24) is 0 Å². The molecule has 0 aromatic carbocycles. The highest BCUT2D eigenvalue weighted by Crippen LogP contribution is 2.59.